The zero-order valence-corrected chi connectivity index (χ0v) is 63.8. The van der Waals surface area contributed by atoms with Gasteiger partial charge in [0.1, 0.15) is 29.0 Å². The van der Waals surface area contributed by atoms with E-state index >= 15 is 0 Å². The number of hydrogen-bond donors (Lipinski definition) is 8. The quantitative estimate of drug-likeness (QED) is 0.00869. The van der Waals surface area contributed by atoms with Gasteiger partial charge in [0.25, 0.3) is 12.4 Å². The first kappa shape index (κ1) is 103. The van der Waals surface area contributed by atoms with Gasteiger partial charge in [0.05, 0.1) is 210 Å². The molecule has 8 N–H and O–H groups in total. The Balaban J connectivity index is 1.94. The van der Waals surface area contributed by atoms with E-state index in [1.54, 1.807) is 0 Å². The zero-order valence-electron chi connectivity index (χ0n) is 63.8. The average Bonchev–Trinajstić information content (AvgIpc) is 0.775. The number of urea groups is 1. The second-order valence-corrected chi connectivity index (χ2v) is 24.2. The molecule has 111 heavy (non-hydrogen) atoms. The summed E-state index contributed by atoms with van der Waals surface area (Å²) in [6.07, 6.45) is 3.89. The van der Waals surface area contributed by atoms with Crippen LogP contribution in [-0.4, -0.2) is 318 Å². The van der Waals surface area contributed by atoms with Gasteiger partial charge in [0.15, 0.2) is 35.3 Å². The number of halogens is 4. The number of carboxylic acids is 2. The highest BCUT2D eigenvalue weighted by atomic mass is 19.2. The largest absolute Gasteiger partial charge is 0.481 e. The molecule has 0 saturated heterocycles. The van der Waals surface area contributed by atoms with Crippen molar-refractivity contribution in [2.45, 2.75) is 134 Å². The van der Waals surface area contributed by atoms with Gasteiger partial charge in [-0.15, -0.1) is 0 Å². The maximum Gasteiger partial charge on any atom is 0.326 e. The Morgan fingerprint density at radius 3 is 1.09 bits per heavy atom. The molecule has 0 aliphatic rings. The summed E-state index contributed by atoms with van der Waals surface area (Å²) in [5.74, 6) is -13.9. The molecule has 0 bridgehead atoms. The number of carbonyl (C=O) groups excluding carboxylic acids is 8. The van der Waals surface area contributed by atoms with Crippen molar-refractivity contribution in [1.82, 2.24) is 26.7 Å². The number of carboxylic acid groups (broad SMARTS) is 2. The highest BCUT2D eigenvalue weighted by Crippen LogP contribution is 2.26. The monoisotopic (exact) mass is 1610 g/mol. The van der Waals surface area contributed by atoms with Crippen molar-refractivity contribution in [3.8, 4) is 0 Å². The molecular formula is C72H119F4N5O30. The van der Waals surface area contributed by atoms with Crippen molar-refractivity contribution in [1.29, 1.82) is 0 Å². The molecule has 35 nitrogen and oxygen atoms in total. The predicted octanol–water partition coefficient (Wildman–Crippen LogP) is 3.97. The molecule has 640 valence electrons. The van der Waals surface area contributed by atoms with Crippen molar-refractivity contribution in [2.75, 3.05) is 231 Å². The van der Waals surface area contributed by atoms with Crippen LogP contribution in [0, 0.1) is 23.3 Å². The van der Waals surface area contributed by atoms with Crippen molar-refractivity contribution >= 4 is 59.4 Å². The fraction of sp³-hybridized carbons (Fsp3) is 0.778. The number of Topliss-reactive ketones (excluding diaryl/α,β-unsaturated/α-hetero) is 4. The van der Waals surface area contributed by atoms with E-state index in [1.807, 2.05) is 5.48 Å². The van der Waals surface area contributed by atoms with Gasteiger partial charge in [0.2, 0.25) is 5.91 Å². The number of unbranched alkanes of at least 4 members (excludes halogenated alkanes) is 5. The van der Waals surface area contributed by atoms with Gasteiger partial charge in [-0.2, -0.15) is 5.48 Å². The van der Waals surface area contributed by atoms with Crippen LogP contribution in [0.25, 0.3) is 0 Å². The first-order valence-corrected chi connectivity index (χ1v) is 37.6. The van der Waals surface area contributed by atoms with Crippen LogP contribution >= 0.6 is 0 Å². The van der Waals surface area contributed by atoms with Gasteiger partial charge in [-0.1, -0.05) is 25.7 Å². The number of carbonyl (C=O) groups is 10. The molecule has 0 fully saturated rings. The summed E-state index contributed by atoms with van der Waals surface area (Å²) in [6, 6.07) is -2.43. The maximum absolute atomic E-state index is 15.0. The lowest BCUT2D eigenvalue weighted by atomic mass is 10.0. The molecule has 2 atom stereocenters. The summed E-state index contributed by atoms with van der Waals surface area (Å²) in [6.45, 7) is 10.3. The number of amides is 4. The van der Waals surface area contributed by atoms with Crippen molar-refractivity contribution < 1.29 is 161 Å². The van der Waals surface area contributed by atoms with Crippen LogP contribution in [0.15, 0.2) is 0 Å². The average molecular weight is 1610 g/mol. The Kier molecular flexibility index (Phi) is 68.1. The maximum atomic E-state index is 15.0. The fourth-order valence-corrected chi connectivity index (χ4v) is 9.45. The molecular weight excluding hydrogens is 1490 g/mol. The Morgan fingerprint density at radius 1 is 0.342 bits per heavy atom. The molecule has 0 radical (unpaired) electrons. The van der Waals surface area contributed by atoms with E-state index < -0.39 is 89.2 Å². The molecule has 0 unspecified atom stereocenters. The topological polar surface area (TPSA) is 448 Å². The predicted molar refractivity (Wildman–Crippen MR) is 383 cm³/mol. The van der Waals surface area contributed by atoms with Gasteiger partial charge in [-0.05, 0) is 38.5 Å². The lowest BCUT2D eigenvalue weighted by molar-refractivity contribution is -0.141. The number of rotatable bonds is 84. The first-order valence-electron chi connectivity index (χ1n) is 37.6. The number of aliphatic carboxylic acids is 2. The van der Waals surface area contributed by atoms with Crippen LogP contribution in [0.5, 0.6) is 0 Å². The molecule has 1 aromatic carbocycles. The Labute approximate surface area is 645 Å². The van der Waals surface area contributed by atoms with E-state index in [9.17, 15) is 70.6 Å². The molecule has 0 spiro atoms. The molecule has 0 heterocycles. The summed E-state index contributed by atoms with van der Waals surface area (Å²) in [7, 11) is 0. The van der Waals surface area contributed by atoms with Gasteiger partial charge in [-0.3, -0.25) is 38.4 Å². The van der Waals surface area contributed by atoms with E-state index in [1.165, 1.54) is 0 Å². The van der Waals surface area contributed by atoms with Crippen molar-refractivity contribution in [3.63, 3.8) is 0 Å². The van der Waals surface area contributed by atoms with E-state index in [-0.39, 0.29) is 160 Å². The lowest BCUT2D eigenvalue weighted by Crippen LogP contribution is -2.49. The first-order chi connectivity index (χ1) is 53.9. The highest BCUT2D eigenvalue weighted by Gasteiger charge is 2.32. The van der Waals surface area contributed by atoms with Crippen LogP contribution < -0.4 is 26.7 Å². The summed E-state index contributed by atoms with van der Waals surface area (Å²) in [4.78, 5) is 118. The van der Waals surface area contributed by atoms with Crippen LogP contribution in [-0.2, 0) is 114 Å². The van der Waals surface area contributed by atoms with E-state index in [0.29, 0.717) is 184 Å². The van der Waals surface area contributed by atoms with Gasteiger partial charge < -0.3 is 117 Å². The van der Waals surface area contributed by atoms with Crippen LogP contribution in [0.2, 0.25) is 0 Å². The number of benzene rings is 1. The minimum atomic E-state index is -2.04. The van der Waals surface area contributed by atoms with Gasteiger partial charge in [-0.25, -0.2) is 27.2 Å². The summed E-state index contributed by atoms with van der Waals surface area (Å²) >= 11 is 0. The number of ketones is 4. The molecule has 39 heteroatoms. The van der Waals surface area contributed by atoms with Gasteiger partial charge in [0, 0.05) is 84.3 Å². The second-order valence-electron chi connectivity index (χ2n) is 24.2. The highest BCUT2D eigenvalue weighted by molar-refractivity contribution is 6.00. The number of hydrogen-bond acceptors (Lipinski definition) is 29. The molecule has 1 rings (SSSR count). The normalized spacial score (nSPS) is 11.9. The van der Waals surface area contributed by atoms with Crippen molar-refractivity contribution in [3.05, 3.63) is 34.4 Å². The molecule has 0 aromatic heterocycles. The SMILES string of the molecule is O=CO[C@H](CCC(=O)O)NC(=O)N[C@@H](CCC(=O)CCCCCCCCC(=O)NCCOCCOCCCC(=O)c1c(F)c(F)c(C(=O)NCCOCCOCCCC(=O)CCOCCOCCOCCOCCOCCOCCOCCOCCOCCOCCOCCOCCCC(=O)CNO)c(F)c1F)C(=O)O. The van der Waals surface area contributed by atoms with Crippen molar-refractivity contribution in [2.24, 2.45) is 0 Å². The molecule has 0 aliphatic carbocycles. The van der Waals surface area contributed by atoms with Crippen LogP contribution in [0.3, 0.4) is 0 Å². The third-order valence-electron chi connectivity index (χ3n) is 15.2. The summed E-state index contributed by atoms with van der Waals surface area (Å²) in [5.41, 5.74) is -1.17. The molecule has 1 aromatic rings. The summed E-state index contributed by atoms with van der Waals surface area (Å²) < 4.78 is 152. The second kappa shape index (κ2) is 73.7. The van der Waals surface area contributed by atoms with E-state index in [0.717, 1.165) is 25.7 Å². The van der Waals surface area contributed by atoms with Crippen LogP contribution in [0.4, 0.5) is 22.4 Å². The number of nitrogens with one attached hydrogen (secondary N) is 5. The number of hydroxylamine groups is 1. The smallest absolute Gasteiger partial charge is 0.326 e. The Morgan fingerprint density at radius 2 is 0.685 bits per heavy atom. The molecule has 0 saturated carbocycles. The molecule has 4 amide bonds. The Bertz CT molecular complexity index is 2620. The standard InChI is InChI=1S/C72H119F4N5O30/c73-66-64(60(86)13-9-24-97-29-32-99-26-20-77-61(87)14-6-4-2-1-3-5-10-56(83)15-16-59(71(91)92)80-72(93)81-62(111-55-82)17-18-63(88)89)67(74)69(76)65(68(66)75)70(90)78-21-27-100-33-28-95-22-7-11-57(84)19-25-98-31-35-102-37-39-104-41-43-106-45-47-108-49-51-110-53-52-109-50-48-107-46-44-105-42-40-103-38-36-101-34-30-96-23-8-12-58(85)54-79-94/h55,59,62,79,94H,1-54H2,(H,77,87)(H,78,90)(H,88,89)(H,91,92)(H2,80,81,93)/t59-,62+/m0/s1. The fourth-order valence-electron chi connectivity index (χ4n) is 9.45. The zero-order chi connectivity index (χ0) is 81.3. The third kappa shape index (κ3) is 60.8. The minimum Gasteiger partial charge on any atom is -0.481 e. The van der Waals surface area contributed by atoms with E-state index in [2.05, 4.69) is 26.0 Å². The number of ether oxygens (including phenoxy) is 17. The molecule has 0 aliphatic heterocycles. The Hall–Kier alpha value is -6.48. The third-order valence-corrected chi connectivity index (χ3v) is 15.2. The minimum absolute atomic E-state index is 0.00626. The van der Waals surface area contributed by atoms with Crippen LogP contribution in [0.1, 0.15) is 143 Å². The van der Waals surface area contributed by atoms with Gasteiger partial charge >= 0.3 is 18.0 Å². The lowest BCUT2D eigenvalue weighted by Gasteiger charge is -2.19. The summed E-state index contributed by atoms with van der Waals surface area (Å²) in [5, 5.41) is 35.9. The van der Waals surface area contributed by atoms with E-state index in [4.69, 9.17) is 86.1 Å².